The van der Waals surface area contributed by atoms with Gasteiger partial charge in [-0.25, -0.2) is 8.42 Å². The summed E-state index contributed by atoms with van der Waals surface area (Å²) >= 11 is 5.86. The topological polar surface area (TPSA) is 83.5 Å². The van der Waals surface area contributed by atoms with Crippen molar-refractivity contribution in [2.24, 2.45) is 5.92 Å². The molecule has 1 atom stereocenters. The first-order valence-electron chi connectivity index (χ1n) is 5.66. The molecule has 0 heterocycles. The van der Waals surface area contributed by atoms with Crippen LogP contribution < -0.4 is 4.72 Å². The zero-order valence-electron chi connectivity index (χ0n) is 10.8. The highest BCUT2D eigenvalue weighted by Gasteiger charge is 2.29. The summed E-state index contributed by atoms with van der Waals surface area (Å²) in [6.07, 6.45) is 0. The third-order valence-electron chi connectivity index (χ3n) is 2.59. The molecule has 2 N–H and O–H groups in total. The molecule has 0 saturated carbocycles. The number of nitrogens with one attached hydrogen (secondary N) is 1. The molecule has 0 aliphatic carbocycles. The molecule has 19 heavy (non-hydrogen) atoms. The normalized spacial score (nSPS) is 13.5. The predicted octanol–water partition coefficient (Wildman–Crippen LogP) is 2.04. The first-order chi connectivity index (χ1) is 8.65. The average Bonchev–Trinajstić information content (AvgIpc) is 2.28. The maximum atomic E-state index is 12.2. The molecule has 0 bridgehead atoms. The molecule has 5 nitrogen and oxygen atoms in total. The van der Waals surface area contributed by atoms with Gasteiger partial charge in [0.1, 0.15) is 10.9 Å². The summed E-state index contributed by atoms with van der Waals surface area (Å²) in [6.45, 7) is 4.98. The Kier molecular flexibility index (Phi) is 4.95. The molecular formula is C12H16ClNO4S. The standard InChI is InChI=1S/C12H16ClNO4S/c1-7(2)11(12(15)16)14-19(17,18)10-6-8(3)4-5-9(10)13/h4-7,11,14H,1-3H3,(H,15,16). The number of hydrogen-bond acceptors (Lipinski definition) is 3. The van der Waals surface area contributed by atoms with Crippen molar-refractivity contribution in [2.45, 2.75) is 31.7 Å². The van der Waals surface area contributed by atoms with Crippen LogP contribution in [0.1, 0.15) is 19.4 Å². The molecule has 0 aliphatic heterocycles. The van der Waals surface area contributed by atoms with Crippen molar-refractivity contribution in [1.29, 1.82) is 0 Å². The fourth-order valence-electron chi connectivity index (χ4n) is 1.52. The van der Waals surface area contributed by atoms with E-state index in [1.165, 1.54) is 12.1 Å². The van der Waals surface area contributed by atoms with Gasteiger partial charge in [0.15, 0.2) is 0 Å². The molecule has 1 aromatic rings. The van der Waals surface area contributed by atoms with Crippen LogP contribution in [0.25, 0.3) is 0 Å². The Labute approximate surface area is 117 Å². The van der Waals surface area contributed by atoms with Crippen LogP contribution in [-0.4, -0.2) is 25.5 Å². The van der Waals surface area contributed by atoms with Crippen LogP contribution in [0.5, 0.6) is 0 Å². The second-order valence-corrected chi connectivity index (χ2v) is 6.70. The van der Waals surface area contributed by atoms with E-state index in [1.807, 2.05) is 0 Å². The summed E-state index contributed by atoms with van der Waals surface area (Å²) in [7, 11) is -3.97. The van der Waals surface area contributed by atoms with Gasteiger partial charge in [-0.3, -0.25) is 4.79 Å². The van der Waals surface area contributed by atoms with Gasteiger partial charge in [0, 0.05) is 0 Å². The molecule has 0 spiro atoms. The number of sulfonamides is 1. The lowest BCUT2D eigenvalue weighted by Gasteiger charge is -2.18. The van der Waals surface area contributed by atoms with Crippen molar-refractivity contribution in [2.75, 3.05) is 0 Å². The molecular weight excluding hydrogens is 290 g/mol. The van der Waals surface area contributed by atoms with Gasteiger partial charge in [0.2, 0.25) is 10.0 Å². The zero-order valence-corrected chi connectivity index (χ0v) is 12.4. The Morgan fingerprint density at radius 3 is 2.42 bits per heavy atom. The van der Waals surface area contributed by atoms with E-state index in [-0.39, 0.29) is 15.8 Å². The fourth-order valence-corrected chi connectivity index (χ4v) is 3.44. The second-order valence-electron chi connectivity index (χ2n) is 4.62. The van der Waals surface area contributed by atoms with Gasteiger partial charge < -0.3 is 5.11 Å². The lowest BCUT2D eigenvalue weighted by atomic mass is 10.1. The number of carboxylic acids is 1. The van der Waals surface area contributed by atoms with Crippen molar-refractivity contribution >= 4 is 27.6 Å². The van der Waals surface area contributed by atoms with Crippen molar-refractivity contribution in [3.05, 3.63) is 28.8 Å². The SMILES string of the molecule is Cc1ccc(Cl)c(S(=O)(=O)NC(C(=O)O)C(C)C)c1. The Morgan fingerprint density at radius 1 is 1.37 bits per heavy atom. The van der Waals surface area contributed by atoms with Gasteiger partial charge in [0.05, 0.1) is 5.02 Å². The van der Waals surface area contributed by atoms with Crippen LogP contribution in [-0.2, 0) is 14.8 Å². The van der Waals surface area contributed by atoms with Crippen molar-refractivity contribution in [1.82, 2.24) is 4.72 Å². The minimum Gasteiger partial charge on any atom is -0.480 e. The number of halogens is 1. The molecule has 0 saturated heterocycles. The summed E-state index contributed by atoms with van der Waals surface area (Å²) in [5, 5.41) is 9.08. The van der Waals surface area contributed by atoms with Crippen LogP contribution >= 0.6 is 11.6 Å². The Bertz CT molecular complexity index is 583. The largest absolute Gasteiger partial charge is 0.480 e. The van der Waals surface area contributed by atoms with Crippen LogP contribution in [0.3, 0.4) is 0 Å². The fraction of sp³-hybridized carbons (Fsp3) is 0.417. The molecule has 1 unspecified atom stereocenters. The van der Waals surface area contributed by atoms with Gasteiger partial charge in [-0.05, 0) is 30.5 Å². The monoisotopic (exact) mass is 305 g/mol. The molecule has 1 aromatic carbocycles. The average molecular weight is 306 g/mol. The lowest BCUT2D eigenvalue weighted by molar-refractivity contribution is -0.140. The second kappa shape index (κ2) is 5.90. The number of carboxylic acid groups (broad SMARTS) is 1. The van der Waals surface area contributed by atoms with E-state index in [0.29, 0.717) is 0 Å². The van der Waals surface area contributed by atoms with Gasteiger partial charge in [-0.15, -0.1) is 0 Å². The molecule has 1 rings (SSSR count). The summed E-state index contributed by atoms with van der Waals surface area (Å²) in [6, 6.07) is 3.36. The van der Waals surface area contributed by atoms with E-state index < -0.39 is 22.0 Å². The van der Waals surface area contributed by atoms with E-state index in [1.54, 1.807) is 26.8 Å². The zero-order chi connectivity index (χ0) is 14.8. The van der Waals surface area contributed by atoms with Gasteiger partial charge >= 0.3 is 5.97 Å². The first-order valence-corrected chi connectivity index (χ1v) is 7.52. The van der Waals surface area contributed by atoms with Crippen molar-refractivity contribution in [3.63, 3.8) is 0 Å². The third kappa shape index (κ3) is 3.92. The molecule has 0 aliphatic rings. The van der Waals surface area contributed by atoms with Crippen molar-refractivity contribution < 1.29 is 18.3 Å². The molecule has 0 radical (unpaired) electrons. The summed E-state index contributed by atoms with van der Waals surface area (Å²) < 4.78 is 26.5. The van der Waals surface area contributed by atoms with E-state index in [0.717, 1.165) is 5.56 Å². The van der Waals surface area contributed by atoms with Crippen LogP contribution in [0.15, 0.2) is 23.1 Å². The van der Waals surface area contributed by atoms with E-state index >= 15 is 0 Å². The predicted molar refractivity (Wildman–Crippen MR) is 72.8 cm³/mol. The summed E-state index contributed by atoms with van der Waals surface area (Å²) in [5.41, 5.74) is 0.723. The summed E-state index contributed by atoms with van der Waals surface area (Å²) in [4.78, 5) is 10.9. The van der Waals surface area contributed by atoms with Gasteiger partial charge in [-0.1, -0.05) is 31.5 Å². The highest BCUT2D eigenvalue weighted by atomic mass is 35.5. The first kappa shape index (κ1) is 15.9. The Hall–Kier alpha value is -1.11. The minimum absolute atomic E-state index is 0.0611. The molecule has 0 aromatic heterocycles. The molecule has 0 fully saturated rings. The number of aryl methyl sites for hydroxylation is 1. The van der Waals surface area contributed by atoms with Crippen molar-refractivity contribution in [3.8, 4) is 0 Å². The molecule has 7 heteroatoms. The number of hydrogen-bond donors (Lipinski definition) is 2. The van der Waals surface area contributed by atoms with E-state index in [2.05, 4.69) is 4.72 Å². The highest BCUT2D eigenvalue weighted by Crippen LogP contribution is 2.23. The smallest absolute Gasteiger partial charge is 0.322 e. The summed E-state index contributed by atoms with van der Waals surface area (Å²) in [5.74, 6) is -1.60. The van der Waals surface area contributed by atoms with E-state index in [9.17, 15) is 13.2 Å². The van der Waals surface area contributed by atoms with E-state index in [4.69, 9.17) is 16.7 Å². The number of aliphatic carboxylic acids is 1. The molecule has 106 valence electrons. The lowest BCUT2D eigenvalue weighted by Crippen LogP contribution is -2.44. The maximum absolute atomic E-state index is 12.2. The minimum atomic E-state index is -3.97. The Balaban J connectivity index is 3.17. The van der Waals surface area contributed by atoms with Crippen LogP contribution in [0.4, 0.5) is 0 Å². The maximum Gasteiger partial charge on any atom is 0.322 e. The number of rotatable bonds is 5. The molecule has 0 amide bonds. The van der Waals surface area contributed by atoms with Gasteiger partial charge in [-0.2, -0.15) is 4.72 Å². The third-order valence-corrected chi connectivity index (χ3v) is 4.51. The highest BCUT2D eigenvalue weighted by molar-refractivity contribution is 7.89. The Morgan fingerprint density at radius 2 is 1.95 bits per heavy atom. The number of carbonyl (C=O) groups is 1. The van der Waals surface area contributed by atoms with Crippen LogP contribution in [0, 0.1) is 12.8 Å². The number of benzene rings is 1. The van der Waals surface area contributed by atoms with Gasteiger partial charge in [0.25, 0.3) is 0 Å². The quantitative estimate of drug-likeness (QED) is 0.872. The van der Waals surface area contributed by atoms with Crippen LogP contribution in [0.2, 0.25) is 5.02 Å².